The fraction of sp³-hybridized carbons (Fsp3) is 0.138. The van der Waals surface area contributed by atoms with Gasteiger partial charge in [-0.25, -0.2) is 59.7 Å². The Hall–Kier alpha value is -5.03. The van der Waals surface area contributed by atoms with E-state index in [2.05, 4.69) is 15.0 Å². The van der Waals surface area contributed by atoms with Gasteiger partial charge in [-0.3, -0.25) is 0 Å². The normalized spacial score (nSPS) is 12.8. The summed E-state index contributed by atoms with van der Waals surface area (Å²) < 4.78 is 123. The number of carbonyl (C=O) groups is 2. The van der Waals surface area contributed by atoms with Gasteiger partial charge in [0.15, 0.2) is 58.2 Å². The van der Waals surface area contributed by atoms with Crippen molar-refractivity contribution in [2.75, 3.05) is 13.2 Å². The van der Waals surface area contributed by atoms with Crippen LogP contribution >= 0.6 is 23.2 Å². The van der Waals surface area contributed by atoms with Gasteiger partial charge in [0.1, 0.15) is 32.7 Å². The number of carbonyl (C=O) groups excluding carboxylic acids is 2. The molecule has 0 radical (unpaired) electrons. The number of ether oxygens (including phenoxy) is 2. The predicted octanol–water partition coefficient (Wildman–Crippen LogP) is 7.97. The van der Waals surface area contributed by atoms with E-state index >= 15 is 0 Å². The second kappa shape index (κ2) is 15.7. The molecule has 0 aliphatic heterocycles. The van der Waals surface area contributed by atoms with Crippen LogP contribution in [0.25, 0.3) is 11.5 Å². The lowest BCUT2D eigenvalue weighted by Crippen LogP contribution is -2.12. The summed E-state index contributed by atoms with van der Waals surface area (Å²) >= 11 is 10.8. The number of hydrogen-bond acceptors (Lipinski definition) is 9. The monoisotopic (exact) mass is 725 g/mol. The summed E-state index contributed by atoms with van der Waals surface area (Å²) in [6.07, 6.45) is 0.675. The highest BCUT2D eigenvalue weighted by Crippen LogP contribution is 2.32. The summed E-state index contributed by atoms with van der Waals surface area (Å²) in [7, 11) is 0. The fourth-order valence-corrected chi connectivity index (χ4v) is 3.88. The molecule has 3 rings (SSSR count). The van der Waals surface area contributed by atoms with E-state index in [1.54, 1.807) is 0 Å². The maximum absolute atomic E-state index is 14.6. The first-order chi connectivity index (χ1) is 22.5. The predicted molar refractivity (Wildman–Crippen MR) is 155 cm³/mol. The first kappa shape index (κ1) is 37.4. The second-order valence-electron chi connectivity index (χ2n) is 8.78. The van der Waals surface area contributed by atoms with Crippen LogP contribution in [0, 0.1) is 46.5 Å². The third kappa shape index (κ3) is 7.91. The van der Waals surface area contributed by atoms with Gasteiger partial charge in [-0.2, -0.15) is 0 Å². The van der Waals surface area contributed by atoms with Crippen LogP contribution in [-0.2, 0) is 19.1 Å². The maximum Gasteiger partial charge on any atom is 0.343 e. The molecular weight excluding hydrogens is 709 g/mol. The van der Waals surface area contributed by atoms with Gasteiger partial charge in [0, 0.05) is 18.5 Å². The molecule has 0 saturated carbocycles. The van der Waals surface area contributed by atoms with Crippen LogP contribution in [0.15, 0.2) is 39.3 Å². The molecule has 0 bridgehead atoms. The number of hydrogen-bond donors (Lipinski definition) is 2. The molecule has 0 atom stereocenters. The molecule has 19 heteroatoms. The average Bonchev–Trinajstić information content (AvgIpc) is 3.04. The van der Waals surface area contributed by atoms with Crippen molar-refractivity contribution in [3.63, 3.8) is 0 Å². The molecule has 1 heterocycles. The van der Waals surface area contributed by atoms with Crippen molar-refractivity contribution in [2.45, 2.75) is 13.8 Å². The minimum atomic E-state index is -1.81. The molecule has 0 aliphatic carbocycles. The molecule has 9 nitrogen and oxygen atoms in total. The van der Waals surface area contributed by atoms with Gasteiger partial charge in [0.05, 0.1) is 24.3 Å². The summed E-state index contributed by atoms with van der Waals surface area (Å²) in [4.78, 5) is 35.4. The third-order valence-corrected chi connectivity index (χ3v) is 6.40. The van der Waals surface area contributed by atoms with E-state index in [0.29, 0.717) is 12.4 Å². The topological polar surface area (TPSA) is 131 Å². The Morgan fingerprint density at radius 1 is 0.667 bits per heavy atom. The zero-order valence-electron chi connectivity index (χ0n) is 23.9. The lowest BCUT2D eigenvalue weighted by atomic mass is 10.1. The van der Waals surface area contributed by atoms with E-state index in [0.717, 1.165) is 0 Å². The van der Waals surface area contributed by atoms with Crippen molar-refractivity contribution in [1.29, 1.82) is 0 Å². The first-order valence-electron chi connectivity index (χ1n) is 12.9. The summed E-state index contributed by atoms with van der Waals surface area (Å²) in [6.45, 7) is 1.96. The molecule has 1 aromatic heterocycles. The Morgan fingerprint density at radius 3 is 1.35 bits per heavy atom. The Balaban J connectivity index is 2.17. The summed E-state index contributed by atoms with van der Waals surface area (Å²) in [5.74, 6) is -21.4. The van der Waals surface area contributed by atoms with Gasteiger partial charge in [-0.05, 0) is 26.0 Å². The van der Waals surface area contributed by atoms with E-state index in [4.69, 9.17) is 32.7 Å². The van der Waals surface area contributed by atoms with E-state index < -0.39 is 114 Å². The molecule has 3 aromatic rings. The lowest BCUT2D eigenvalue weighted by Gasteiger charge is -2.10. The molecule has 0 spiro atoms. The van der Waals surface area contributed by atoms with Crippen LogP contribution in [-0.4, -0.2) is 52.8 Å². The summed E-state index contributed by atoms with van der Waals surface area (Å²) in [5.41, 5.74) is -4.41. The number of benzene rings is 2. The van der Waals surface area contributed by atoms with Crippen molar-refractivity contribution in [3.8, 4) is 0 Å². The van der Waals surface area contributed by atoms with Gasteiger partial charge < -0.3 is 19.7 Å². The molecular formula is C29H17Cl2F8N3O6. The molecule has 2 N–H and O–H groups in total. The quantitative estimate of drug-likeness (QED) is 0.0412. The highest BCUT2D eigenvalue weighted by atomic mass is 35.5. The second-order valence-corrected chi connectivity index (χ2v) is 9.53. The maximum atomic E-state index is 14.6. The van der Waals surface area contributed by atoms with Crippen molar-refractivity contribution in [3.05, 3.63) is 97.1 Å². The molecule has 0 unspecified atom stereocenters. The molecule has 0 amide bonds. The Kier molecular flexibility index (Phi) is 12.2. The number of aliphatic hydroxyl groups excluding tert-OH is 2. The van der Waals surface area contributed by atoms with Crippen LogP contribution in [0.1, 0.15) is 25.0 Å². The number of esters is 2. The highest BCUT2D eigenvalue weighted by molar-refractivity contribution is 6.31. The smallest absolute Gasteiger partial charge is 0.343 e. The Bertz CT molecular complexity index is 1800. The first-order valence-corrected chi connectivity index (χ1v) is 13.6. The van der Waals surface area contributed by atoms with Gasteiger partial charge in [0.25, 0.3) is 0 Å². The molecule has 0 saturated heterocycles. The zero-order valence-corrected chi connectivity index (χ0v) is 25.5. The van der Waals surface area contributed by atoms with Crippen molar-refractivity contribution < 1.29 is 64.4 Å². The summed E-state index contributed by atoms with van der Waals surface area (Å²) in [5, 5.41) is 18.3. The number of halogens is 10. The Morgan fingerprint density at radius 2 is 1.02 bits per heavy atom. The third-order valence-electron chi connectivity index (χ3n) is 5.74. The number of pyridine rings is 1. The highest BCUT2D eigenvalue weighted by Gasteiger charge is 2.26. The van der Waals surface area contributed by atoms with E-state index in [9.17, 15) is 54.9 Å². The Labute approximate surface area is 274 Å². The standard InChI is InChI=1S/C29H17Cl2F8N3O6/c1-3-47-28(45)12(24(43)10-5-14(32)22(38)18(30)20(10)36)8-40-26-16(34)7-17(35)27(42-26)41-9-13(29(46)48-4-2)25(44)11-6-15(33)23(39)19(31)21(11)37/h5-9,43-44H,3-4H2,1-2H3. The lowest BCUT2D eigenvalue weighted by molar-refractivity contribution is -0.138. The molecule has 0 aliphatic rings. The number of aliphatic hydroxyl groups is 2. The SMILES string of the molecule is CCOC(=O)C(C=Nc1nc(N=CC(C(=O)OCC)=C(O)c2cc(F)c(F)c(Cl)c2F)c(F)cc1F)=C(O)c1cc(F)c(F)c(Cl)c1F. The minimum absolute atomic E-state index is 0.146. The van der Waals surface area contributed by atoms with Crippen LogP contribution < -0.4 is 0 Å². The summed E-state index contributed by atoms with van der Waals surface area (Å²) in [6, 6.07) is 0.441. The number of rotatable bonds is 10. The fourth-order valence-electron chi connectivity index (χ4n) is 3.50. The number of aromatic nitrogens is 1. The van der Waals surface area contributed by atoms with Crippen molar-refractivity contribution in [1.82, 2.24) is 4.98 Å². The van der Waals surface area contributed by atoms with Crippen LogP contribution in [0.3, 0.4) is 0 Å². The molecule has 0 fully saturated rings. The molecule has 48 heavy (non-hydrogen) atoms. The molecule has 2 aromatic carbocycles. The van der Waals surface area contributed by atoms with Crippen LogP contribution in [0.5, 0.6) is 0 Å². The van der Waals surface area contributed by atoms with E-state index in [1.807, 2.05) is 0 Å². The van der Waals surface area contributed by atoms with Gasteiger partial charge in [-0.1, -0.05) is 23.2 Å². The number of aliphatic imine (C=N–C) groups is 2. The zero-order chi connectivity index (χ0) is 36.0. The van der Waals surface area contributed by atoms with Crippen LogP contribution in [0.2, 0.25) is 10.0 Å². The van der Waals surface area contributed by atoms with E-state index in [1.165, 1.54) is 13.8 Å². The molecule has 254 valence electrons. The van der Waals surface area contributed by atoms with Gasteiger partial charge >= 0.3 is 11.9 Å². The van der Waals surface area contributed by atoms with Crippen LogP contribution in [0.4, 0.5) is 46.8 Å². The number of nitrogens with zero attached hydrogens (tertiary/aromatic N) is 3. The largest absolute Gasteiger partial charge is 0.506 e. The van der Waals surface area contributed by atoms with Crippen molar-refractivity contribution in [2.24, 2.45) is 9.98 Å². The van der Waals surface area contributed by atoms with E-state index in [-0.39, 0.29) is 31.4 Å². The van der Waals surface area contributed by atoms with Gasteiger partial charge in [0.2, 0.25) is 0 Å². The van der Waals surface area contributed by atoms with Gasteiger partial charge in [-0.15, -0.1) is 0 Å². The average molecular weight is 726 g/mol. The van der Waals surface area contributed by atoms with Crippen molar-refractivity contribution >= 4 is 70.7 Å². The minimum Gasteiger partial charge on any atom is -0.506 e.